The highest BCUT2D eigenvalue weighted by atomic mass is 16.5. The summed E-state index contributed by atoms with van der Waals surface area (Å²) in [7, 11) is 0. The number of ether oxygens (including phenoxy) is 1. The van der Waals surface area contributed by atoms with E-state index in [0.717, 1.165) is 6.61 Å². The zero-order valence-electron chi connectivity index (χ0n) is 7.42. The number of nitrogens with two attached hydrogens (primary N) is 1. The monoisotopic (exact) mass is 145 g/mol. The summed E-state index contributed by atoms with van der Waals surface area (Å²) in [5, 5.41) is 0. The van der Waals surface area contributed by atoms with E-state index in [-0.39, 0.29) is 12.1 Å². The van der Waals surface area contributed by atoms with Gasteiger partial charge in [-0.05, 0) is 19.8 Å². The lowest BCUT2D eigenvalue weighted by atomic mass is 10.0. The van der Waals surface area contributed by atoms with Crippen LogP contribution in [0.1, 0.15) is 27.7 Å². The maximum absolute atomic E-state index is 5.70. The third-order valence-electron chi connectivity index (χ3n) is 1.53. The summed E-state index contributed by atoms with van der Waals surface area (Å²) in [6.07, 6.45) is 0.213. The van der Waals surface area contributed by atoms with E-state index in [1.807, 2.05) is 13.8 Å². The van der Waals surface area contributed by atoms with Gasteiger partial charge < -0.3 is 10.5 Å². The molecule has 0 bridgehead atoms. The Morgan fingerprint density at radius 1 is 1.30 bits per heavy atom. The van der Waals surface area contributed by atoms with Crippen LogP contribution >= 0.6 is 0 Å². The molecule has 0 aromatic heterocycles. The summed E-state index contributed by atoms with van der Waals surface area (Å²) >= 11 is 0. The molecule has 0 spiro atoms. The SMILES string of the molecule is CCOC(C(C)C)[C@H](C)N. The number of hydrogen-bond acceptors (Lipinski definition) is 2. The average molecular weight is 145 g/mol. The fourth-order valence-electron chi connectivity index (χ4n) is 1.14. The first-order chi connectivity index (χ1) is 4.59. The third-order valence-corrected chi connectivity index (χ3v) is 1.53. The first kappa shape index (κ1) is 9.92. The van der Waals surface area contributed by atoms with Gasteiger partial charge in [-0.25, -0.2) is 0 Å². The molecule has 0 aliphatic carbocycles. The van der Waals surface area contributed by atoms with Crippen LogP contribution in [0, 0.1) is 5.92 Å². The fourth-order valence-corrected chi connectivity index (χ4v) is 1.14. The van der Waals surface area contributed by atoms with Crippen LogP contribution in [0.2, 0.25) is 0 Å². The zero-order chi connectivity index (χ0) is 8.15. The number of hydrogen-bond donors (Lipinski definition) is 1. The van der Waals surface area contributed by atoms with E-state index in [9.17, 15) is 0 Å². The lowest BCUT2D eigenvalue weighted by molar-refractivity contribution is 0.0166. The summed E-state index contributed by atoms with van der Waals surface area (Å²) < 4.78 is 5.44. The maximum Gasteiger partial charge on any atom is 0.0745 e. The van der Waals surface area contributed by atoms with Crippen LogP contribution in [0.15, 0.2) is 0 Å². The van der Waals surface area contributed by atoms with Crippen LogP contribution in [0.25, 0.3) is 0 Å². The molecule has 0 aliphatic rings. The molecule has 0 saturated heterocycles. The summed E-state index contributed by atoms with van der Waals surface area (Å²) in [5.41, 5.74) is 5.70. The van der Waals surface area contributed by atoms with Crippen molar-refractivity contribution in [1.82, 2.24) is 0 Å². The van der Waals surface area contributed by atoms with Gasteiger partial charge in [0.25, 0.3) is 0 Å². The van der Waals surface area contributed by atoms with E-state index < -0.39 is 0 Å². The summed E-state index contributed by atoms with van der Waals surface area (Å²) in [6.45, 7) is 9.00. The van der Waals surface area contributed by atoms with Gasteiger partial charge in [0.2, 0.25) is 0 Å². The Kier molecular flexibility index (Phi) is 4.65. The lowest BCUT2D eigenvalue weighted by Crippen LogP contribution is -2.37. The Labute approximate surface area is 63.7 Å². The van der Waals surface area contributed by atoms with Crippen molar-refractivity contribution in [3.8, 4) is 0 Å². The predicted octanol–water partition coefficient (Wildman–Crippen LogP) is 1.39. The van der Waals surface area contributed by atoms with Gasteiger partial charge in [0.05, 0.1) is 6.10 Å². The molecule has 10 heavy (non-hydrogen) atoms. The second-order valence-corrected chi connectivity index (χ2v) is 3.02. The van der Waals surface area contributed by atoms with E-state index in [0.29, 0.717) is 5.92 Å². The average Bonchev–Trinajstić information content (AvgIpc) is 1.81. The van der Waals surface area contributed by atoms with E-state index in [4.69, 9.17) is 10.5 Å². The molecule has 0 fully saturated rings. The highest BCUT2D eigenvalue weighted by molar-refractivity contribution is 4.71. The van der Waals surface area contributed by atoms with Gasteiger partial charge in [0, 0.05) is 12.6 Å². The first-order valence-electron chi connectivity index (χ1n) is 3.96. The molecule has 0 heterocycles. The van der Waals surface area contributed by atoms with Crippen molar-refractivity contribution < 1.29 is 4.74 Å². The molecule has 2 atom stereocenters. The molecule has 0 saturated carbocycles. The van der Waals surface area contributed by atoms with Crippen LogP contribution in [0.3, 0.4) is 0 Å². The van der Waals surface area contributed by atoms with Crippen molar-refractivity contribution in [3.63, 3.8) is 0 Å². The van der Waals surface area contributed by atoms with E-state index in [1.54, 1.807) is 0 Å². The van der Waals surface area contributed by atoms with Gasteiger partial charge in [-0.3, -0.25) is 0 Å². The van der Waals surface area contributed by atoms with Crippen molar-refractivity contribution in [2.24, 2.45) is 11.7 Å². The molecule has 0 radical (unpaired) electrons. The van der Waals surface area contributed by atoms with Crippen LogP contribution < -0.4 is 5.73 Å². The minimum Gasteiger partial charge on any atom is -0.377 e. The molecule has 0 aromatic rings. The van der Waals surface area contributed by atoms with Crippen LogP contribution in [-0.2, 0) is 4.74 Å². The molecular weight excluding hydrogens is 126 g/mol. The summed E-state index contributed by atoms with van der Waals surface area (Å²) in [5.74, 6) is 0.514. The minimum atomic E-state index is 0.139. The Morgan fingerprint density at radius 3 is 1.90 bits per heavy atom. The molecule has 1 unspecified atom stereocenters. The normalized spacial score (nSPS) is 17.4. The minimum absolute atomic E-state index is 0.139. The molecule has 2 N–H and O–H groups in total. The van der Waals surface area contributed by atoms with Gasteiger partial charge in [0.1, 0.15) is 0 Å². The van der Waals surface area contributed by atoms with Crippen molar-refractivity contribution in [2.75, 3.05) is 6.61 Å². The molecular formula is C8H19NO. The molecule has 62 valence electrons. The Balaban J connectivity index is 3.73. The van der Waals surface area contributed by atoms with Gasteiger partial charge in [-0.1, -0.05) is 13.8 Å². The Bertz CT molecular complexity index is 73.3. The second-order valence-electron chi connectivity index (χ2n) is 3.02. The topological polar surface area (TPSA) is 35.2 Å². The predicted molar refractivity (Wildman–Crippen MR) is 43.9 cm³/mol. The van der Waals surface area contributed by atoms with Gasteiger partial charge in [-0.2, -0.15) is 0 Å². The fraction of sp³-hybridized carbons (Fsp3) is 1.00. The second kappa shape index (κ2) is 4.69. The standard InChI is InChI=1S/C8H19NO/c1-5-10-8(6(2)3)7(4)9/h6-8H,5,9H2,1-4H3/t7-,8?/m0/s1. The van der Waals surface area contributed by atoms with Crippen molar-refractivity contribution in [1.29, 1.82) is 0 Å². The summed E-state index contributed by atoms with van der Waals surface area (Å²) in [6, 6.07) is 0.139. The van der Waals surface area contributed by atoms with E-state index in [1.165, 1.54) is 0 Å². The zero-order valence-corrected chi connectivity index (χ0v) is 7.42. The van der Waals surface area contributed by atoms with Gasteiger partial charge in [-0.15, -0.1) is 0 Å². The van der Waals surface area contributed by atoms with Crippen LogP contribution in [-0.4, -0.2) is 18.8 Å². The Morgan fingerprint density at radius 2 is 1.80 bits per heavy atom. The highest BCUT2D eigenvalue weighted by Gasteiger charge is 2.16. The van der Waals surface area contributed by atoms with Gasteiger partial charge in [0.15, 0.2) is 0 Å². The smallest absolute Gasteiger partial charge is 0.0745 e. The number of rotatable bonds is 4. The van der Waals surface area contributed by atoms with Crippen molar-refractivity contribution >= 4 is 0 Å². The van der Waals surface area contributed by atoms with Gasteiger partial charge >= 0.3 is 0 Å². The molecule has 0 amide bonds. The molecule has 0 rings (SSSR count). The van der Waals surface area contributed by atoms with Crippen LogP contribution in [0.4, 0.5) is 0 Å². The third kappa shape index (κ3) is 3.18. The lowest BCUT2D eigenvalue weighted by Gasteiger charge is -2.24. The van der Waals surface area contributed by atoms with Crippen molar-refractivity contribution in [2.45, 2.75) is 39.8 Å². The Hall–Kier alpha value is -0.0800. The molecule has 2 heteroatoms. The largest absolute Gasteiger partial charge is 0.377 e. The van der Waals surface area contributed by atoms with E-state index in [2.05, 4.69) is 13.8 Å². The van der Waals surface area contributed by atoms with E-state index >= 15 is 0 Å². The summed E-state index contributed by atoms with van der Waals surface area (Å²) in [4.78, 5) is 0. The first-order valence-corrected chi connectivity index (χ1v) is 3.96. The maximum atomic E-state index is 5.70. The molecule has 2 nitrogen and oxygen atoms in total. The molecule has 0 aromatic carbocycles. The highest BCUT2D eigenvalue weighted by Crippen LogP contribution is 2.08. The quantitative estimate of drug-likeness (QED) is 0.649. The molecule has 0 aliphatic heterocycles. The van der Waals surface area contributed by atoms with Crippen LogP contribution in [0.5, 0.6) is 0 Å². The van der Waals surface area contributed by atoms with Crippen molar-refractivity contribution in [3.05, 3.63) is 0 Å².